The fourth-order valence-electron chi connectivity index (χ4n) is 3.17. The van der Waals surface area contributed by atoms with Gasteiger partial charge in [-0.3, -0.25) is 9.69 Å². The molecule has 1 aromatic heterocycles. The second kappa shape index (κ2) is 9.23. The van der Waals surface area contributed by atoms with Crippen LogP contribution in [-0.2, 0) is 22.6 Å². The number of thioether (sulfide) groups is 1. The van der Waals surface area contributed by atoms with Crippen LogP contribution in [0.3, 0.4) is 0 Å². The fourth-order valence-corrected chi connectivity index (χ4v) is 3.84. The van der Waals surface area contributed by atoms with Gasteiger partial charge in [0, 0.05) is 26.2 Å². The minimum atomic E-state index is -0.0339. The quantitative estimate of drug-likeness (QED) is 0.618. The SMILES string of the molecule is O=C(CSc1nc2ccccc2o1)NCc1ccccc1CN1CCOCC1. The van der Waals surface area contributed by atoms with E-state index in [1.807, 2.05) is 36.4 Å². The molecule has 0 radical (unpaired) electrons. The highest BCUT2D eigenvalue weighted by molar-refractivity contribution is 7.99. The standard InChI is InChI=1S/C21H23N3O3S/c25-20(15-28-21-23-18-7-3-4-8-19(18)27-21)22-13-16-5-1-2-6-17(16)14-24-9-11-26-12-10-24/h1-8H,9-15H2,(H,22,25). The summed E-state index contributed by atoms with van der Waals surface area (Å²) in [4.78, 5) is 19.0. The number of hydrogen-bond acceptors (Lipinski definition) is 6. The van der Waals surface area contributed by atoms with Gasteiger partial charge in [0.05, 0.1) is 19.0 Å². The molecular weight excluding hydrogens is 374 g/mol. The molecule has 0 bridgehead atoms. The molecule has 1 saturated heterocycles. The predicted molar refractivity (Wildman–Crippen MR) is 109 cm³/mol. The monoisotopic (exact) mass is 397 g/mol. The van der Waals surface area contributed by atoms with Crippen molar-refractivity contribution in [3.63, 3.8) is 0 Å². The van der Waals surface area contributed by atoms with E-state index >= 15 is 0 Å². The Kier molecular flexibility index (Phi) is 6.26. The number of ether oxygens (including phenoxy) is 1. The number of fused-ring (bicyclic) bond motifs is 1. The van der Waals surface area contributed by atoms with E-state index in [4.69, 9.17) is 9.15 Å². The molecule has 0 atom stereocenters. The number of benzene rings is 2. The van der Waals surface area contributed by atoms with Crippen molar-refractivity contribution in [1.29, 1.82) is 0 Å². The van der Waals surface area contributed by atoms with E-state index in [-0.39, 0.29) is 11.7 Å². The van der Waals surface area contributed by atoms with Crippen molar-refractivity contribution in [2.24, 2.45) is 0 Å². The lowest BCUT2D eigenvalue weighted by Gasteiger charge is -2.27. The lowest BCUT2D eigenvalue weighted by Crippen LogP contribution is -2.36. The molecule has 1 aliphatic rings. The van der Waals surface area contributed by atoms with Crippen LogP contribution in [0.25, 0.3) is 11.1 Å². The third-order valence-electron chi connectivity index (χ3n) is 4.69. The van der Waals surface area contributed by atoms with Gasteiger partial charge in [-0.05, 0) is 23.3 Å². The number of aromatic nitrogens is 1. The number of hydrogen-bond donors (Lipinski definition) is 1. The van der Waals surface area contributed by atoms with Gasteiger partial charge >= 0.3 is 0 Å². The third kappa shape index (κ3) is 4.92. The van der Waals surface area contributed by atoms with Crippen LogP contribution in [0.5, 0.6) is 0 Å². The molecule has 2 heterocycles. The van der Waals surface area contributed by atoms with Gasteiger partial charge in [-0.1, -0.05) is 48.2 Å². The highest BCUT2D eigenvalue weighted by Crippen LogP contribution is 2.23. The van der Waals surface area contributed by atoms with Crippen LogP contribution in [0.4, 0.5) is 0 Å². The molecule has 1 N–H and O–H groups in total. The number of oxazole rings is 1. The van der Waals surface area contributed by atoms with Crippen molar-refractivity contribution < 1.29 is 13.9 Å². The second-order valence-corrected chi connectivity index (χ2v) is 7.60. The zero-order valence-electron chi connectivity index (χ0n) is 15.6. The molecule has 1 amide bonds. The maximum absolute atomic E-state index is 12.3. The van der Waals surface area contributed by atoms with Gasteiger partial charge in [0.25, 0.3) is 5.22 Å². The molecule has 1 aliphatic heterocycles. The van der Waals surface area contributed by atoms with Gasteiger partial charge in [0.2, 0.25) is 5.91 Å². The van der Waals surface area contributed by atoms with Crippen molar-refractivity contribution in [2.75, 3.05) is 32.1 Å². The van der Waals surface area contributed by atoms with E-state index in [0.717, 1.165) is 49.5 Å². The molecule has 0 unspecified atom stereocenters. The van der Waals surface area contributed by atoms with E-state index in [9.17, 15) is 4.79 Å². The molecule has 6 nitrogen and oxygen atoms in total. The molecule has 28 heavy (non-hydrogen) atoms. The summed E-state index contributed by atoms with van der Waals surface area (Å²) in [5.74, 6) is 0.242. The van der Waals surface area contributed by atoms with Crippen LogP contribution in [-0.4, -0.2) is 47.8 Å². The minimum absolute atomic E-state index is 0.0339. The average molecular weight is 398 g/mol. The smallest absolute Gasteiger partial charge is 0.257 e. The highest BCUT2D eigenvalue weighted by atomic mass is 32.2. The first kappa shape index (κ1) is 19.0. The molecule has 4 rings (SSSR count). The van der Waals surface area contributed by atoms with E-state index < -0.39 is 0 Å². The molecule has 0 aliphatic carbocycles. The molecular formula is C21H23N3O3S. The molecule has 3 aromatic rings. The Morgan fingerprint density at radius 1 is 1.07 bits per heavy atom. The Balaban J connectivity index is 1.29. The largest absolute Gasteiger partial charge is 0.431 e. The Labute approximate surface area is 168 Å². The maximum Gasteiger partial charge on any atom is 0.257 e. The van der Waals surface area contributed by atoms with E-state index in [0.29, 0.717) is 11.8 Å². The molecule has 0 saturated carbocycles. The minimum Gasteiger partial charge on any atom is -0.431 e. The van der Waals surface area contributed by atoms with Gasteiger partial charge < -0.3 is 14.5 Å². The third-order valence-corrected chi connectivity index (χ3v) is 5.52. The van der Waals surface area contributed by atoms with Crippen molar-refractivity contribution in [3.8, 4) is 0 Å². The first-order valence-electron chi connectivity index (χ1n) is 9.40. The van der Waals surface area contributed by atoms with Crippen LogP contribution >= 0.6 is 11.8 Å². The maximum atomic E-state index is 12.3. The van der Waals surface area contributed by atoms with E-state index in [2.05, 4.69) is 27.3 Å². The lowest BCUT2D eigenvalue weighted by atomic mass is 10.1. The number of morpholine rings is 1. The highest BCUT2D eigenvalue weighted by Gasteiger charge is 2.13. The second-order valence-electron chi connectivity index (χ2n) is 6.67. The van der Waals surface area contributed by atoms with Gasteiger partial charge in [0.15, 0.2) is 5.58 Å². The summed E-state index contributed by atoms with van der Waals surface area (Å²) in [7, 11) is 0. The number of nitrogens with one attached hydrogen (secondary N) is 1. The summed E-state index contributed by atoms with van der Waals surface area (Å²) in [6, 6.07) is 15.9. The Bertz CT molecular complexity index is 904. The van der Waals surface area contributed by atoms with Gasteiger partial charge in [-0.2, -0.15) is 0 Å². The van der Waals surface area contributed by atoms with Gasteiger partial charge in [-0.25, -0.2) is 4.98 Å². The summed E-state index contributed by atoms with van der Waals surface area (Å²) in [6.07, 6.45) is 0. The summed E-state index contributed by atoms with van der Waals surface area (Å²) in [6.45, 7) is 4.86. The van der Waals surface area contributed by atoms with Gasteiger partial charge in [-0.15, -0.1) is 0 Å². The van der Waals surface area contributed by atoms with Crippen molar-refractivity contribution >= 4 is 28.8 Å². The van der Waals surface area contributed by atoms with E-state index in [1.54, 1.807) is 0 Å². The zero-order chi connectivity index (χ0) is 19.2. The lowest BCUT2D eigenvalue weighted by molar-refractivity contribution is -0.118. The average Bonchev–Trinajstić information content (AvgIpc) is 3.15. The number of nitrogens with zero attached hydrogens (tertiary/aromatic N) is 2. The number of para-hydroxylation sites is 2. The van der Waals surface area contributed by atoms with Crippen molar-refractivity contribution in [2.45, 2.75) is 18.3 Å². The Morgan fingerprint density at radius 3 is 2.64 bits per heavy atom. The Morgan fingerprint density at radius 2 is 1.82 bits per heavy atom. The number of carbonyl (C=O) groups is 1. The van der Waals surface area contributed by atoms with Crippen LogP contribution in [0.1, 0.15) is 11.1 Å². The number of carbonyl (C=O) groups excluding carboxylic acids is 1. The molecule has 1 fully saturated rings. The molecule has 7 heteroatoms. The summed E-state index contributed by atoms with van der Waals surface area (Å²) in [5, 5.41) is 3.53. The molecule has 2 aromatic carbocycles. The Hall–Kier alpha value is -2.35. The van der Waals surface area contributed by atoms with Crippen LogP contribution < -0.4 is 5.32 Å². The molecule has 0 spiro atoms. The van der Waals surface area contributed by atoms with Gasteiger partial charge in [0.1, 0.15) is 5.52 Å². The first-order chi connectivity index (χ1) is 13.8. The topological polar surface area (TPSA) is 67.6 Å². The summed E-state index contributed by atoms with van der Waals surface area (Å²) < 4.78 is 11.1. The fraction of sp³-hybridized carbons (Fsp3) is 0.333. The summed E-state index contributed by atoms with van der Waals surface area (Å²) in [5.41, 5.74) is 3.94. The van der Waals surface area contributed by atoms with Crippen LogP contribution in [0, 0.1) is 0 Å². The number of amides is 1. The molecule has 146 valence electrons. The normalized spacial score (nSPS) is 15.0. The first-order valence-corrected chi connectivity index (χ1v) is 10.4. The predicted octanol–water partition coefficient (Wildman–Crippen LogP) is 3.07. The number of rotatable bonds is 7. The van der Waals surface area contributed by atoms with Crippen molar-refractivity contribution in [1.82, 2.24) is 15.2 Å². The van der Waals surface area contributed by atoms with E-state index in [1.165, 1.54) is 17.3 Å². The summed E-state index contributed by atoms with van der Waals surface area (Å²) >= 11 is 1.31. The van der Waals surface area contributed by atoms with Crippen molar-refractivity contribution in [3.05, 3.63) is 59.7 Å². The van der Waals surface area contributed by atoms with Crippen LogP contribution in [0.15, 0.2) is 58.2 Å². The van der Waals surface area contributed by atoms with Crippen LogP contribution in [0.2, 0.25) is 0 Å². The zero-order valence-corrected chi connectivity index (χ0v) is 16.4.